The van der Waals surface area contributed by atoms with Crippen LogP contribution in [0.4, 0.5) is 0 Å². The van der Waals surface area contributed by atoms with Gasteiger partial charge in [0.15, 0.2) is 0 Å². The van der Waals surface area contributed by atoms with E-state index in [9.17, 15) is 4.79 Å². The number of hydrogen-bond acceptors (Lipinski definition) is 5. The summed E-state index contributed by atoms with van der Waals surface area (Å²) in [6.45, 7) is 12.3. The van der Waals surface area contributed by atoms with Gasteiger partial charge in [-0.05, 0) is 113 Å². The Morgan fingerprint density at radius 3 is 2.68 bits per heavy atom. The van der Waals surface area contributed by atoms with Gasteiger partial charge in [0.2, 0.25) is 0 Å². The van der Waals surface area contributed by atoms with Crippen LogP contribution >= 0.6 is 24.2 Å². The minimum atomic E-state index is -0.322. The third kappa shape index (κ3) is 8.41. The highest BCUT2D eigenvalue weighted by molar-refractivity contribution is 7.99. The van der Waals surface area contributed by atoms with Crippen molar-refractivity contribution in [2.45, 2.75) is 110 Å². The van der Waals surface area contributed by atoms with Gasteiger partial charge in [0, 0.05) is 12.2 Å². The van der Waals surface area contributed by atoms with Crippen molar-refractivity contribution in [3.8, 4) is 11.5 Å². The Morgan fingerprint density at radius 1 is 1.13 bits per heavy atom. The quantitative estimate of drug-likeness (QED) is 0.145. The number of carbonyl (C=O) groups excluding carboxylic acids is 1. The van der Waals surface area contributed by atoms with Crippen molar-refractivity contribution >= 4 is 35.7 Å². The SMILES string of the molecule is CCCCCC(C)CCc1cc(OC(=O)CCCN2CCCCC2)c2c(c1)OC(C)(C)C1=C2CCSC1.Cl. The van der Waals surface area contributed by atoms with Crippen LogP contribution in [0.2, 0.25) is 0 Å². The zero-order valence-corrected chi connectivity index (χ0v) is 25.9. The third-order valence-corrected chi connectivity index (χ3v) is 9.37. The minimum absolute atomic E-state index is 0. The summed E-state index contributed by atoms with van der Waals surface area (Å²) in [5.74, 6) is 4.31. The summed E-state index contributed by atoms with van der Waals surface area (Å²) in [6, 6.07) is 4.38. The summed E-state index contributed by atoms with van der Waals surface area (Å²) in [4.78, 5) is 15.5. The molecule has 3 aliphatic heterocycles. The predicted octanol–water partition coefficient (Wildman–Crippen LogP) is 8.49. The Kier molecular flexibility index (Phi) is 12.4. The largest absolute Gasteiger partial charge is 0.483 e. The van der Waals surface area contributed by atoms with Crippen LogP contribution in [0, 0.1) is 5.92 Å². The number of unbranched alkanes of at least 4 members (excludes halogenated alkanes) is 2. The molecule has 0 amide bonds. The lowest BCUT2D eigenvalue weighted by molar-refractivity contribution is -0.134. The molecule has 3 aliphatic rings. The number of ether oxygens (including phenoxy) is 2. The van der Waals surface area contributed by atoms with Crippen LogP contribution < -0.4 is 9.47 Å². The van der Waals surface area contributed by atoms with Crippen molar-refractivity contribution in [2.75, 3.05) is 31.1 Å². The smallest absolute Gasteiger partial charge is 0.311 e. The first-order valence-electron chi connectivity index (χ1n) is 15.0. The van der Waals surface area contributed by atoms with E-state index < -0.39 is 0 Å². The van der Waals surface area contributed by atoms with Gasteiger partial charge in [-0.1, -0.05) is 46.0 Å². The van der Waals surface area contributed by atoms with Crippen LogP contribution in [0.3, 0.4) is 0 Å². The van der Waals surface area contributed by atoms with Crippen LogP contribution in [0.5, 0.6) is 11.5 Å². The highest BCUT2D eigenvalue weighted by Gasteiger charge is 2.38. The van der Waals surface area contributed by atoms with Gasteiger partial charge in [0.1, 0.15) is 17.1 Å². The Morgan fingerprint density at radius 2 is 1.92 bits per heavy atom. The van der Waals surface area contributed by atoms with E-state index in [0.29, 0.717) is 12.3 Å². The number of allylic oxidation sites excluding steroid dienone is 1. The van der Waals surface area contributed by atoms with Gasteiger partial charge in [-0.25, -0.2) is 0 Å². The van der Waals surface area contributed by atoms with E-state index >= 15 is 0 Å². The summed E-state index contributed by atoms with van der Waals surface area (Å²) < 4.78 is 12.8. The van der Waals surface area contributed by atoms with Crippen LogP contribution in [0.1, 0.15) is 109 Å². The van der Waals surface area contributed by atoms with Crippen molar-refractivity contribution in [1.82, 2.24) is 4.90 Å². The molecule has 4 nitrogen and oxygen atoms in total. The molecule has 1 aromatic carbocycles. The minimum Gasteiger partial charge on any atom is -0.483 e. The Hall–Kier alpha value is -1.17. The lowest BCUT2D eigenvalue weighted by Crippen LogP contribution is -2.37. The Labute approximate surface area is 242 Å². The second-order valence-electron chi connectivity index (χ2n) is 12.0. The molecule has 214 valence electrons. The van der Waals surface area contributed by atoms with Gasteiger partial charge in [-0.15, -0.1) is 12.4 Å². The molecule has 1 unspecified atom stereocenters. The highest BCUT2D eigenvalue weighted by atomic mass is 35.5. The molecule has 0 aromatic heterocycles. The molecule has 1 aromatic rings. The first kappa shape index (κ1) is 31.4. The van der Waals surface area contributed by atoms with Gasteiger partial charge in [-0.3, -0.25) is 4.79 Å². The molecule has 0 saturated carbocycles. The number of halogens is 1. The highest BCUT2D eigenvalue weighted by Crippen LogP contribution is 2.50. The first-order chi connectivity index (χ1) is 17.9. The Balaban J connectivity index is 0.00000400. The average Bonchev–Trinajstić information content (AvgIpc) is 2.88. The summed E-state index contributed by atoms with van der Waals surface area (Å²) in [5, 5.41) is 0. The van der Waals surface area contributed by atoms with Crippen molar-refractivity contribution in [3.63, 3.8) is 0 Å². The van der Waals surface area contributed by atoms with E-state index in [2.05, 4.69) is 44.7 Å². The number of hydrogen-bond donors (Lipinski definition) is 0. The molecule has 1 atom stereocenters. The maximum absolute atomic E-state index is 13.0. The van der Waals surface area contributed by atoms with Crippen LogP contribution in [-0.2, 0) is 11.2 Å². The number of piperidine rings is 1. The van der Waals surface area contributed by atoms with E-state index in [4.69, 9.17) is 9.47 Å². The molecule has 4 rings (SSSR count). The number of likely N-dealkylation sites (tertiary alicyclic amines) is 1. The van der Waals surface area contributed by atoms with Gasteiger partial charge in [-0.2, -0.15) is 11.8 Å². The van der Waals surface area contributed by atoms with Crippen molar-refractivity contribution in [1.29, 1.82) is 0 Å². The number of esters is 1. The zero-order chi connectivity index (χ0) is 26.3. The maximum Gasteiger partial charge on any atom is 0.311 e. The fourth-order valence-electron chi connectivity index (χ4n) is 6.09. The average molecular weight is 564 g/mol. The van der Waals surface area contributed by atoms with E-state index in [-0.39, 0.29) is 24.0 Å². The van der Waals surface area contributed by atoms with E-state index in [0.717, 1.165) is 60.8 Å². The standard InChI is InChI=1S/C32H49NO3S.ClH/c1-5-6-8-12-24(2)14-15-25-21-28(35-30(34)13-11-19-33-17-9-7-10-18-33)31-26-16-20-37-23-27(26)32(3,4)36-29(31)22-25;/h21-22,24H,5-20,23H2,1-4H3;1H. The molecule has 38 heavy (non-hydrogen) atoms. The van der Waals surface area contributed by atoms with E-state index in [1.54, 1.807) is 0 Å². The van der Waals surface area contributed by atoms with Crippen molar-refractivity contribution in [2.24, 2.45) is 5.92 Å². The number of fused-ring (bicyclic) bond motifs is 2. The lowest BCUT2D eigenvalue weighted by atomic mass is 9.84. The fourth-order valence-corrected chi connectivity index (χ4v) is 7.31. The topological polar surface area (TPSA) is 38.8 Å². The van der Waals surface area contributed by atoms with E-state index in [1.807, 2.05) is 11.8 Å². The molecule has 0 aliphatic carbocycles. The third-order valence-electron chi connectivity index (χ3n) is 8.38. The molecule has 0 N–H and O–H groups in total. The molecule has 1 fully saturated rings. The number of rotatable bonds is 12. The van der Waals surface area contributed by atoms with Gasteiger partial charge >= 0.3 is 5.97 Å². The molecule has 0 bridgehead atoms. The monoisotopic (exact) mass is 563 g/mol. The fraction of sp³-hybridized carbons (Fsp3) is 0.719. The molecular weight excluding hydrogens is 514 g/mol. The van der Waals surface area contributed by atoms with Crippen molar-refractivity contribution in [3.05, 3.63) is 28.8 Å². The second-order valence-corrected chi connectivity index (χ2v) is 13.1. The van der Waals surface area contributed by atoms with Gasteiger partial charge in [0.05, 0.1) is 5.56 Å². The number of nitrogens with zero attached hydrogens (tertiary/aromatic N) is 1. The zero-order valence-electron chi connectivity index (χ0n) is 24.2. The van der Waals surface area contributed by atoms with Crippen LogP contribution in [0.25, 0.3) is 5.57 Å². The maximum atomic E-state index is 13.0. The van der Waals surface area contributed by atoms with Crippen LogP contribution in [-0.4, -0.2) is 47.6 Å². The number of carbonyl (C=O) groups is 1. The summed E-state index contributed by atoms with van der Waals surface area (Å²) in [7, 11) is 0. The van der Waals surface area contributed by atoms with Gasteiger partial charge in [0.25, 0.3) is 0 Å². The number of benzene rings is 1. The van der Waals surface area contributed by atoms with Crippen molar-refractivity contribution < 1.29 is 14.3 Å². The van der Waals surface area contributed by atoms with Gasteiger partial charge < -0.3 is 14.4 Å². The molecule has 3 heterocycles. The number of aryl methyl sites for hydroxylation is 1. The first-order valence-corrected chi connectivity index (χ1v) is 16.1. The number of thioether (sulfide) groups is 1. The Bertz CT molecular complexity index is 954. The van der Waals surface area contributed by atoms with E-state index in [1.165, 1.54) is 74.7 Å². The molecule has 6 heteroatoms. The molecule has 1 saturated heterocycles. The molecule has 0 spiro atoms. The second kappa shape index (κ2) is 15.0. The summed E-state index contributed by atoms with van der Waals surface area (Å²) >= 11 is 1.97. The summed E-state index contributed by atoms with van der Waals surface area (Å²) in [5.41, 5.74) is 4.65. The lowest BCUT2D eigenvalue weighted by Gasteiger charge is -2.39. The summed E-state index contributed by atoms with van der Waals surface area (Å²) in [6.07, 6.45) is 13.6. The van der Waals surface area contributed by atoms with Crippen LogP contribution in [0.15, 0.2) is 17.7 Å². The molecular formula is C32H50ClNO3S. The molecule has 0 radical (unpaired) electrons. The normalized spacial score (nSPS) is 19.6. The predicted molar refractivity (Wildman–Crippen MR) is 164 cm³/mol.